The van der Waals surface area contributed by atoms with Crippen LogP contribution >= 0.6 is 11.8 Å². The first-order chi connectivity index (χ1) is 10.8. The molecule has 118 valence electrons. The monoisotopic (exact) mass is 318 g/mol. The van der Waals surface area contributed by atoms with Crippen molar-refractivity contribution in [2.24, 2.45) is 5.10 Å². The van der Waals surface area contributed by atoms with E-state index in [2.05, 4.69) is 75.6 Å². The molecular formula is C15H22N6S. The molecule has 0 aliphatic heterocycles. The number of hydrogen-bond donors (Lipinski definition) is 2. The molecule has 6 nitrogen and oxygen atoms in total. The second kappa shape index (κ2) is 8.43. The predicted octanol–water partition coefficient (Wildman–Crippen LogP) is 3.21. The van der Waals surface area contributed by atoms with Crippen molar-refractivity contribution in [3.05, 3.63) is 29.8 Å². The third-order valence-corrected chi connectivity index (χ3v) is 3.87. The molecule has 0 fully saturated rings. The van der Waals surface area contributed by atoms with E-state index in [1.165, 1.54) is 5.69 Å². The summed E-state index contributed by atoms with van der Waals surface area (Å²) in [5, 5.41) is 11.8. The Bertz CT molecular complexity index is 588. The molecule has 2 N–H and O–H groups in total. The van der Waals surface area contributed by atoms with Crippen LogP contribution in [0.25, 0.3) is 0 Å². The zero-order valence-electron chi connectivity index (χ0n) is 13.2. The third-order valence-electron chi connectivity index (χ3n) is 3.14. The standard InChI is InChI=1S/C15H22N6S/c1-4-21(5-2)13-9-7-12(8-10-13)11-16-18-14-17-15(20-19-14)22-6-3/h7-11H,4-6H2,1-3H3,(H2,17,18,19,20)/b16-11-. The zero-order valence-corrected chi connectivity index (χ0v) is 14.0. The van der Waals surface area contributed by atoms with Crippen LogP contribution in [0.5, 0.6) is 0 Å². The molecule has 1 aromatic heterocycles. The normalized spacial score (nSPS) is 11.0. The quantitative estimate of drug-likeness (QED) is 0.444. The summed E-state index contributed by atoms with van der Waals surface area (Å²) >= 11 is 1.58. The molecule has 0 saturated heterocycles. The largest absolute Gasteiger partial charge is 0.372 e. The number of nitrogens with zero attached hydrogens (tertiary/aromatic N) is 4. The number of aromatic nitrogens is 3. The fourth-order valence-corrected chi connectivity index (χ4v) is 2.54. The van der Waals surface area contributed by atoms with Crippen LogP contribution in [0.4, 0.5) is 11.6 Å². The van der Waals surface area contributed by atoms with Gasteiger partial charge in [0, 0.05) is 18.8 Å². The molecule has 22 heavy (non-hydrogen) atoms. The van der Waals surface area contributed by atoms with Crippen LogP contribution in [-0.4, -0.2) is 40.2 Å². The Morgan fingerprint density at radius 1 is 1.23 bits per heavy atom. The van der Waals surface area contributed by atoms with E-state index in [0.717, 1.165) is 29.6 Å². The van der Waals surface area contributed by atoms with E-state index in [1.807, 2.05) is 0 Å². The Hall–Kier alpha value is -2.02. The van der Waals surface area contributed by atoms with E-state index < -0.39 is 0 Å². The van der Waals surface area contributed by atoms with Crippen LogP contribution in [0.3, 0.4) is 0 Å². The van der Waals surface area contributed by atoms with Crippen molar-refractivity contribution >= 4 is 29.6 Å². The van der Waals surface area contributed by atoms with E-state index in [0.29, 0.717) is 5.95 Å². The van der Waals surface area contributed by atoms with Gasteiger partial charge in [0.2, 0.25) is 11.1 Å². The summed E-state index contributed by atoms with van der Waals surface area (Å²) in [5.74, 6) is 1.49. The van der Waals surface area contributed by atoms with Crippen LogP contribution < -0.4 is 10.3 Å². The first-order valence-corrected chi connectivity index (χ1v) is 8.44. The summed E-state index contributed by atoms with van der Waals surface area (Å²) in [7, 11) is 0. The predicted molar refractivity (Wildman–Crippen MR) is 94.0 cm³/mol. The SMILES string of the molecule is CCSc1n[nH]c(N/N=C\c2ccc(N(CC)CC)cc2)n1. The Kier molecular flexibility index (Phi) is 6.27. The summed E-state index contributed by atoms with van der Waals surface area (Å²) in [6.07, 6.45) is 1.77. The number of thioether (sulfide) groups is 1. The fourth-order valence-electron chi connectivity index (χ4n) is 2.02. The first kappa shape index (κ1) is 16.4. The molecule has 0 aliphatic carbocycles. The molecule has 1 aromatic carbocycles. The zero-order chi connectivity index (χ0) is 15.8. The summed E-state index contributed by atoms with van der Waals surface area (Å²) in [6, 6.07) is 8.33. The second-order valence-corrected chi connectivity index (χ2v) is 5.76. The van der Waals surface area contributed by atoms with Gasteiger partial charge in [0.15, 0.2) is 0 Å². The summed E-state index contributed by atoms with van der Waals surface area (Å²) in [6.45, 7) is 8.40. The third kappa shape index (κ3) is 4.49. The maximum absolute atomic E-state index is 4.26. The second-order valence-electron chi connectivity index (χ2n) is 4.53. The number of anilines is 2. The lowest BCUT2D eigenvalue weighted by Crippen LogP contribution is -2.21. The molecule has 0 amide bonds. The fraction of sp³-hybridized carbons (Fsp3) is 0.400. The molecule has 2 rings (SSSR count). The van der Waals surface area contributed by atoms with Gasteiger partial charge >= 0.3 is 0 Å². The lowest BCUT2D eigenvalue weighted by atomic mass is 10.2. The number of H-pyrrole nitrogens is 1. The van der Waals surface area contributed by atoms with Gasteiger partial charge in [-0.3, -0.25) is 0 Å². The number of nitrogens with one attached hydrogen (secondary N) is 2. The molecule has 0 radical (unpaired) electrons. The van der Waals surface area contributed by atoms with Crippen molar-refractivity contribution in [2.45, 2.75) is 25.9 Å². The van der Waals surface area contributed by atoms with E-state index >= 15 is 0 Å². The minimum atomic E-state index is 0.548. The molecule has 2 aromatic rings. The molecule has 0 saturated carbocycles. The van der Waals surface area contributed by atoms with E-state index in [9.17, 15) is 0 Å². The summed E-state index contributed by atoms with van der Waals surface area (Å²) < 4.78 is 0. The maximum Gasteiger partial charge on any atom is 0.240 e. The van der Waals surface area contributed by atoms with Crippen LogP contribution in [0.2, 0.25) is 0 Å². The van der Waals surface area contributed by atoms with Crippen molar-refractivity contribution in [1.29, 1.82) is 0 Å². The van der Waals surface area contributed by atoms with Gasteiger partial charge in [-0.25, -0.2) is 10.5 Å². The summed E-state index contributed by atoms with van der Waals surface area (Å²) in [4.78, 5) is 6.56. The smallest absolute Gasteiger partial charge is 0.240 e. The Morgan fingerprint density at radius 3 is 2.59 bits per heavy atom. The topological polar surface area (TPSA) is 69.2 Å². The number of aromatic amines is 1. The van der Waals surface area contributed by atoms with E-state index in [4.69, 9.17) is 0 Å². The molecule has 0 atom stereocenters. The Balaban J connectivity index is 1.92. The Morgan fingerprint density at radius 2 is 1.95 bits per heavy atom. The van der Waals surface area contributed by atoms with Crippen molar-refractivity contribution in [1.82, 2.24) is 15.2 Å². The van der Waals surface area contributed by atoms with Gasteiger partial charge in [-0.2, -0.15) is 10.1 Å². The molecule has 0 unspecified atom stereocenters. The highest BCUT2D eigenvalue weighted by molar-refractivity contribution is 7.99. The van der Waals surface area contributed by atoms with Gasteiger partial charge in [-0.05, 0) is 37.3 Å². The number of benzene rings is 1. The number of hydrogen-bond acceptors (Lipinski definition) is 6. The highest BCUT2D eigenvalue weighted by Crippen LogP contribution is 2.14. The highest BCUT2D eigenvalue weighted by atomic mass is 32.2. The van der Waals surface area contributed by atoms with E-state index in [-0.39, 0.29) is 0 Å². The van der Waals surface area contributed by atoms with Crippen molar-refractivity contribution in [3.63, 3.8) is 0 Å². The highest BCUT2D eigenvalue weighted by Gasteiger charge is 2.01. The Labute approximate surface area is 135 Å². The molecule has 1 heterocycles. The van der Waals surface area contributed by atoms with Crippen molar-refractivity contribution in [3.8, 4) is 0 Å². The first-order valence-electron chi connectivity index (χ1n) is 7.46. The molecule has 0 spiro atoms. The van der Waals surface area contributed by atoms with Crippen molar-refractivity contribution < 1.29 is 0 Å². The molecule has 7 heteroatoms. The van der Waals surface area contributed by atoms with Gasteiger partial charge in [-0.1, -0.05) is 30.8 Å². The maximum atomic E-state index is 4.26. The minimum absolute atomic E-state index is 0.548. The average molecular weight is 318 g/mol. The molecular weight excluding hydrogens is 296 g/mol. The van der Waals surface area contributed by atoms with Gasteiger partial charge in [-0.15, -0.1) is 5.10 Å². The molecule has 0 aliphatic rings. The van der Waals surface area contributed by atoms with Gasteiger partial charge < -0.3 is 4.90 Å². The van der Waals surface area contributed by atoms with Gasteiger partial charge in [0.05, 0.1) is 6.21 Å². The van der Waals surface area contributed by atoms with E-state index in [1.54, 1.807) is 18.0 Å². The van der Waals surface area contributed by atoms with Crippen LogP contribution in [0.15, 0.2) is 34.5 Å². The summed E-state index contributed by atoms with van der Waals surface area (Å²) in [5.41, 5.74) is 5.11. The lowest BCUT2D eigenvalue weighted by molar-refractivity contribution is 0.866. The molecule has 0 bridgehead atoms. The van der Waals surface area contributed by atoms with Crippen LogP contribution in [0.1, 0.15) is 26.3 Å². The number of rotatable bonds is 8. The minimum Gasteiger partial charge on any atom is -0.372 e. The van der Waals surface area contributed by atoms with Gasteiger partial charge in [0.1, 0.15) is 0 Å². The van der Waals surface area contributed by atoms with Crippen LogP contribution in [-0.2, 0) is 0 Å². The van der Waals surface area contributed by atoms with Gasteiger partial charge in [0.25, 0.3) is 0 Å². The average Bonchev–Trinajstić information content (AvgIpc) is 2.98. The lowest BCUT2D eigenvalue weighted by Gasteiger charge is -2.20. The number of hydrazone groups is 1. The van der Waals surface area contributed by atoms with Crippen LogP contribution in [0, 0.1) is 0 Å². The van der Waals surface area contributed by atoms with Crippen molar-refractivity contribution in [2.75, 3.05) is 29.2 Å².